The number of likely N-dealkylation sites (N-methyl/N-ethyl adjacent to an activating group) is 2. The van der Waals surface area contributed by atoms with E-state index in [4.69, 9.17) is 4.74 Å². The molecule has 1 N–H and O–H groups in total. The third kappa shape index (κ3) is 3.53. The molecule has 0 saturated heterocycles. The van der Waals surface area contributed by atoms with Gasteiger partial charge in [0.1, 0.15) is 0 Å². The van der Waals surface area contributed by atoms with Crippen LogP contribution < -0.4 is 10.2 Å². The van der Waals surface area contributed by atoms with E-state index in [0.717, 1.165) is 25.6 Å². The molecule has 5 heteroatoms. The second-order valence-corrected chi connectivity index (χ2v) is 3.44. The number of aromatic nitrogens is 2. The van der Waals surface area contributed by atoms with Gasteiger partial charge in [-0.05, 0) is 7.05 Å². The summed E-state index contributed by atoms with van der Waals surface area (Å²) in [5.74, 6) is 0.988. The average Bonchev–Trinajstić information content (AvgIpc) is 2.71. The van der Waals surface area contributed by atoms with Crippen molar-refractivity contribution in [1.82, 2.24) is 14.9 Å². The van der Waals surface area contributed by atoms with Crippen LogP contribution in [0.5, 0.6) is 0 Å². The van der Waals surface area contributed by atoms with Crippen LogP contribution in [0.1, 0.15) is 0 Å². The maximum absolute atomic E-state index is 5.05. The molecule has 0 radical (unpaired) electrons. The monoisotopic (exact) mass is 212 g/mol. The van der Waals surface area contributed by atoms with Gasteiger partial charge in [0, 0.05) is 46.2 Å². The van der Waals surface area contributed by atoms with Gasteiger partial charge in [0.15, 0.2) is 0 Å². The largest absolute Gasteiger partial charge is 0.383 e. The Morgan fingerprint density at radius 1 is 1.60 bits per heavy atom. The average molecular weight is 212 g/mol. The van der Waals surface area contributed by atoms with Gasteiger partial charge in [-0.15, -0.1) is 0 Å². The highest BCUT2D eigenvalue weighted by Gasteiger charge is 2.06. The number of nitrogens with one attached hydrogen (secondary N) is 1. The van der Waals surface area contributed by atoms with Gasteiger partial charge in [-0.2, -0.15) is 0 Å². The molecule has 0 amide bonds. The van der Waals surface area contributed by atoms with E-state index in [2.05, 4.69) is 19.8 Å². The Hall–Kier alpha value is -1.07. The summed E-state index contributed by atoms with van der Waals surface area (Å²) >= 11 is 0. The Bertz CT molecular complexity index is 274. The zero-order valence-corrected chi connectivity index (χ0v) is 9.73. The normalized spacial score (nSPS) is 10.6. The second-order valence-electron chi connectivity index (χ2n) is 3.44. The van der Waals surface area contributed by atoms with Gasteiger partial charge < -0.3 is 19.5 Å². The lowest BCUT2D eigenvalue weighted by Gasteiger charge is -2.19. The van der Waals surface area contributed by atoms with Crippen LogP contribution >= 0.6 is 0 Å². The number of methoxy groups -OCH3 is 1. The Morgan fingerprint density at radius 3 is 3.07 bits per heavy atom. The molecule has 0 aromatic carbocycles. The van der Waals surface area contributed by atoms with Crippen LogP contribution in [0.3, 0.4) is 0 Å². The van der Waals surface area contributed by atoms with Crippen molar-refractivity contribution in [2.45, 2.75) is 6.54 Å². The van der Waals surface area contributed by atoms with Gasteiger partial charge in [0.05, 0.1) is 6.61 Å². The summed E-state index contributed by atoms with van der Waals surface area (Å²) in [7, 11) is 5.70. The van der Waals surface area contributed by atoms with Crippen molar-refractivity contribution < 1.29 is 4.74 Å². The first kappa shape index (κ1) is 12.0. The summed E-state index contributed by atoms with van der Waals surface area (Å²) in [6.45, 7) is 3.45. The third-order valence-corrected chi connectivity index (χ3v) is 2.27. The molecule has 0 unspecified atom stereocenters. The summed E-state index contributed by atoms with van der Waals surface area (Å²) in [4.78, 5) is 6.46. The van der Waals surface area contributed by atoms with Gasteiger partial charge in [0.2, 0.25) is 5.95 Å². The van der Waals surface area contributed by atoms with E-state index in [0.29, 0.717) is 6.61 Å². The Balaban J connectivity index is 2.54. The van der Waals surface area contributed by atoms with Crippen LogP contribution in [0.25, 0.3) is 0 Å². The summed E-state index contributed by atoms with van der Waals surface area (Å²) in [5, 5.41) is 3.12. The number of imidazole rings is 1. The van der Waals surface area contributed by atoms with Crippen molar-refractivity contribution in [2.75, 3.05) is 45.8 Å². The van der Waals surface area contributed by atoms with Crippen molar-refractivity contribution >= 4 is 5.95 Å². The van der Waals surface area contributed by atoms with E-state index in [-0.39, 0.29) is 0 Å². The number of hydrogen-bond donors (Lipinski definition) is 1. The van der Waals surface area contributed by atoms with E-state index in [1.54, 1.807) is 7.11 Å². The fourth-order valence-electron chi connectivity index (χ4n) is 1.38. The molecule has 1 rings (SSSR count). The highest BCUT2D eigenvalue weighted by molar-refractivity contribution is 5.29. The lowest BCUT2D eigenvalue weighted by molar-refractivity contribution is 0.187. The summed E-state index contributed by atoms with van der Waals surface area (Å²) in [6, 6.07) is 0. The smallest absolute Gasteiger partial charge is 0.205 e. The van der Waals surface area contributed by atoms with Gasteiger partial charge in [-0.1, -0.05) is 0 Å². The molecule has 0 fully saturated rings. The van der Waals surface area contributed by atoms with E-state index in [1.165, 1.54) is 0 Å². The Labute approximate surface area is 91.0 Å². The van der Waals surface area contributed by atoms with Crippen LogP contribution in [0, 0.1) is 0 Å². The number of nitrogens with zero attached hydrogens (tertiary/aromatic N) is 3. The first-order valence-electron chi connectivity index (χ1n) is 5.15. The van der Waals surface area contributed by atoms with Gasteiger partial charge in [-0.25, -0.2) is 4.98 Å². The predicted octanol–water partition coefficient (Wildman–Crippen LogP) is 0.185. The number of rotatable bonds is 7. The topological polar surface area (TPSA) is 42.3 Å². The van der Waals surface area contributed by atoms with E-state index in [1.807, 2.05) is 26.5 Å². The summed E-state index contributed by atoms with van der Waals surface area (Å²) in [5.41, 5.74) is 0. The van der Waals surface area contributed by atoms with Crippen molar-refractivity contribution in [3.05, 3.63) is 12.4 Å². The van der Waals surface area contributed by atoms with E-state index >= 15 is 0 Å². The highest BCUT2D eigenvalue weighted by Crippen LogP contribution is 2.08. The van der Waals surface area contributed by atoms with Crippen molar-refractivity contribution in [2.24, 2.45) is 0 Å². The van der Waals surface area contributed by atoms with E-state index < -0.39 is 0 Å². The fraction of sp³-hybridized carbons (Fsp3) is 0.700. The summed E-state index contributed by atoms with van der Waals surface area (Å²) in [6.07, 6.45) is 3.80. The highest BCUT2D eigenvalue weighted by atomic mass is 16.5. The first-order chi connectivity index (χ1) is 7.29. The standard InChI is InChI=1S/C10H20N4O/c1-11-4-6-13(2)10-12-5-7-14(10)8-9-15-3/h5,7,11H,4,6,8-9H2,1-3H3. The van der Waals surface area contributed by atoms with Crippen LogP contribution in [-0.4, -0.2) is 50.5 Å². The molecule has 15 heavy (non-hydrogen) atoms. The molecule has 1 heterocycles. The second kappa shape index (κ2) is 6.42. The molecule has 1 aromatic rings. The van der Waals surface area contributed by atoms with Crippen LogP contribution in [-0.2, 0) is 11.3 Å². The Kier molecular flexibility index (Phi) is 5.14. The van der Waals surface area contributed by atoms with Crippen molar-refractivity contribution in [3.63, 3.8) is 0 Å². The molecule has 0 aliphatic carbocycles. The minimum Gasteiger partial charge on any atom is -0.383 e. The van der Waals surface area contributed by atoms with Crippen LogP contribution in [0.15, 0.2) is 12.4 Å². The van der Waals surface area contributed by atoms with Gasteiger partial charge in [0.25, 0.3) is 0 Å². The minimum atomic E-state index is 0.712. The molecule has 86 valence electrons. The van der Waals surface area contributed by atoms with Crippen molar-refractivity contribution in [1.29, 1.82) is 0 Å². The number of hydrogen-bond acceptors (Lipinski definition) is 4. The van der Waals surface area contributed by atoms with Crippen LogP contribution in [0.2, 0.25) is 0 Å². The fourth-order valence-corrected chi connectivity index (χ4v) is 1.38. The molecule has 1 aromatic heterocycles. The minimum absolute atomic E-state index is 0.712. The SMILES string of the molecule is CNCCN(C)c1nccn1CCOC. The molecule has 0 atom stereocenters. The van der Waals surface area contributed by atoms with Crippen LogP contribution in [0.4, 0.5) is 5.95 Å². The predicted molar refractivity (Wildman–Crippen MR) is 61.3 cm³/mol. The molecule has 0 bridgehead atoms. The van der Waals surface area contributed by atoms with Gasteiger partial charge >= 0.3 is 0 Å². The van der Waals surface area contributed by atoms with Gasteiger partial charge in [-0.3, -0.25) is 0 Å². The zero-order chi connectivity index (χ0) is 11.1. The molecule has 5 nitrogen and oxygen atoms in total. The molecular formula is C10H20N4O. The number of ether oxygens (including phenoxy) is 1. The maximum Gasteiger partial charge on any atom is 0.205 e. The maximum atomic E-state index is 5.05. The quantitative estimate of drug-likeness (QED) is 0.700. The number of anilines is 1. The van der Waals surface area contributed by atoms with E-state index in [9.17, 15) is 0 Å². The zero-order valence-electron chi connectivity index (χ0n) is 9.73. The van der Waals surface area contributed by atoms with Crippen molar-refractivity contribution in [3.8, 4) is 0 Å². The molecule has 0 saturated carbocycles. The first-order valence-corrected chi connectivity index (χ1v) is 5.15. The lowest BCUT2D eigenvalue weighted by Crippen LogP contribution is -2.29. The molecular weight excluding hydrogens is 192 g/mol. The Morgan fingerprint density at radius 2 is 2.40 bits per heavy atom. The molecule has 0 aliphatic rings. The third-order valence-electron chi connectivity index (χ3n) is 2.27. The summed E-state index contributed by atoms with van der Waals surface area (Å²) < 4.78 is 7.15. The lowest BCUT2D eigenvalue weighted by atomic mass is 10.5. The molecule has 0 aliphatic heterocycles. The molecule has 0 spiro atoms.